The van der Waals surface area contributed by atoms with Crippen molar-refractivity contribution in [3.8, 4) is 0 Å². The number of rotatable bonds is 6. The minimum absolute atomic E-state index is 0.0233. The molecule has 126 valence electrons. The molecule has 0 aliphatic carbocycles. The Bertz CT molecular complexity index is 763. The lowest BCUT2D eigenvalue weighted by molar-refractivity contribution is 0.226. The van der Waals surface area contributed by atoms with Crippen LogP contribution in [0.3, 0.4) is 0 Å². The fraction of sp³-hybridized carbons (Fsp3) is 0.278. The standard InChI is InChI=1S/C18H21N3O2S/c1-21(2)15(17-10-13-6-3-4-8-16(13)23-17)12-20-18(22)19-11-14-7-5-9-24-14/h3-10,15H,11-12H2,1-2H3,(H2,19,20,22). The first-order valence-electron chi connectivity index (χ1n) is 7.82. The summed E-state index contributed by atoms with van der Waals surface area (Å²) in [6, 6.07) is 13.7. The van der Waals surface area contributed by atoms with Crippen molar-refractivity contribution in [2.24, 2.45) is 0 Å². The lowest BCUT2D eigenvalue weighted by atomic mass is 10.2. The molecule has 3 aromatic rings. The van der Waals surface area contributed by atoms with Gasteiger partial charge in [0.2, 0.25) is 0 Å². The first-order valence-corrected chi connectivity index (χ1v) is 8.70. The predicted molar refractivity (Wildman–Crippen MR) is 97.2 cm³/mol. The summed E-state index contributed by atoms with van der Waals surface area (Å²) < 4.78 is 5.93. The molecule has 0 spiro atoms. The fourth-order valence-electron chi connectivity index (χ4n) is 2.54. The van der Waals surface area contributed by atoms with Crippen molar-refractivity contribution in [3.05, 3.63) is 58.5 Å². The lowest BCUT2D eigenvalue weighted by Gasteiger charge is -2.22. The minimum Gasteiger partial charge on any atom is -0.459 e. The van der Waals surface area contributed by atoms with Crippen molar-refractivity contribution < 1.29 is 9.21 Å². The van der Waals surface area contributed by atoms with Crippen LogP contribution in [0.15, 0.2) is 52.3 Å². The second kappa shape index (κ2) is 7.51. The number of nitrogens with zero attached hydrogens (tertiary/aromatic N) is 1. The Morgan fingerprint density at radius 3 is 2.75 bits per heavy atom. The third kappa shape index (κ3) is 3.96. The molecular weight excluding hydrogens is 322 g/mol. The molecule has 6 heteroatoms. The zero-order valence-corrected chi connectivity index (χ0v) is 14.6. The van der Waals surface area contributed by atoms with Gasteiger partial charge in [-0.2, -0.15) is 0 Å². The number of carbonyl (C=O) groups is 1. The van der Waals surface area contributed by atoms with Crippen molar-refractivity contribution in [3.63, 3.8) is 0 Å². The van der Waals surface area contributed by atoms with Crippen LogP contribution in [0.1, 0.15) is 16.7 Å². The quantitative estimate of drug-likeness (QED) is 0.719. The van der Waals surface area contributed by atoms with Gasteiger partial charge in [-0.1, -0.05) is 24.3 Å². The Morgan fingerprint density at radius 1 is 1.21 bits per heavy atom. The number of nitrogens with one attached hydrogen (secondary N) is 2. The average Bonchev–Trinajstić information content (AvgIpc) is 3.22. The number of benzene rings is 1. The Morgan fingerprint density at radius 2 is 2.04 bits per heavy atom. The van der Waals surface area contributed by atoms with E-state index in [1.54, 1.807) is 11.3 Å². The van der Waals surface area contributed by atoms with Crippen molar-refractivity contribution in [1.29, 1.82) is 0 Å². The van der Waals surface area contributed by atoms with E-state index in [-0.39, 0.29) is 12.1 Å². The highest BCUT2D eigenvalue weighted by molar-refractivity contribution is 7.09. The third-order valence-corrected chi connectivity index (χ3v) is 4.73. The summed E-state index contributed by atoms with van der Waals surface area (Å²) in [5, 5.41) is 8.86. The van der Waals surface area contributed by atoms with E-state index in [0.29, 0.717) is 13.1 Å². The van der Waals surface area contributed by atoms with Crippen LogP contribution in [0, 0.1) is 0 Å². The van der Waals surface area contributed by atoms with Crippen molar-refractivity contribution in [1.82, 2.24) is 15.5 Å². The van der Waals surface area contributed by atoms with E-state index < -0.39 is 0 Å². The molecule has 2 amide bonds. The Labute approximate surface area is 145 Å². The number of likely N-dealkylation sites (N-methyl/N-ethyl adjacent to an activating group) is 1. The normalized spacial score (nSPS) is 12.5. The molecule has 5 nitrogen and oxygen atoms in total. The van der Waals surface area contributed by atoms with Gasteiger partial charge in [-0.3, -0.25) is 4.90 Å². The van der Waals surface area contributed by atoms with Crippen LogP contribution >= 0.6 is 11.3 Å². The number of thiophene rings is 1. The molecule has 2 heterocycles. The number of para-hydroxylation sites is 1. The van der Waals surface area contributed by atoms with E-state index >= 15 is 0 Å². The minimum atomic E-state index is -0.175. The number of furan rings is 1. The van der Waals surface area contributed by atoms with Crippen LogP contribution in [0.5, 0.6) is 0 Å². The van der Waals surface area contributed by atoms with E-state index in [1.807, 2.05) is 66.8 Å². The largest absolute Gasteiger partial charge is 0.459 e. The number of fused-ring (bicyclic) bond motifs is 1. The maximum atomic E-state index is 12.0. The SMILES string of the molecule is CN(C)C(CNC(=O)NCc1cccs1)c1cc2ccccc2o1. The zero-order valence-electron chi connectivity index (χ0n) is 13.8. The summed E-state index contributed by atoms with van der Waals surface area (Å²) in [4.78, 5) is 15.2. The predicted octanol–water partition coefficient (Wildman–Crippen LogP) is 3.60. The van der Waals surface area contributed by atoms with E-state index in [1.165, 1.54) is 0 Å². The molecule has 0 bridgehead atoms. The average molecular weight is 343 g/mol. The van der Waals surface area contributed by atoms with Crippen LogP contribution in [-0.4, -0.2) is 31.6 Å². The van der Waals surface area contributed by atoms with Gasteiger partial charge < -0.3 is 15.1 Å². The van der Waals surface area contributed by atoms with E-state index in [2.05, 4.69) is 10.6 Å². The van der Waals surface area contributed by atoms with Gasteiger partial charge in [0, 0.05) is 16.8 Å². The van der Waals surface area contributed by atoms with Crippen LogP contribution < -0.4 is 10.6 Å². The molecule has 24 heavy (non-hydrogen) atoms. The zero-order chi connectivity index (χ0) is 16.9. The number of hydrogen-bond acceptors (Lipinski definition) is 4. The Balaban J connectivity index is 1.60. The molecule has 1 atom stereocenters. The molecule has 3 rings (SSSR count). The Kier molecular flexibility index (Phi) is 5.17. The summed E-state index contributed by atoms with van der Waals surface area (Å²) in [7, 11) is 3.95. The number of urea groups is 1. The first-order chi connectivity index (χ1) is 11.6. The lowest BCUT2D eigenvalue weighted by Crippen LogP contribution is -2.40. The van der Waals surface area contributed by atoms with Gasteiger partial charge in [-0.25, -0.2) is 4.79 Å². The van der Waals surface area contributed by atoms with E-state index in [0.717, 1.165) is 21.6 Å². The summed E-state index contributed by atoms with van der Waals surface area (Å²) in [6.07, 6.45) is 0. The van der Waals surface area contributed by atoms with Crippen molar-refractivity contribution in [2.45, 2.75) is 12.6 Å². The second-order valence-corrected chi connectivity index (χ2v) is 6.84. The molecule has 0 aliphatic heterocycles. The highest BCUT2D eigenvalue weighted by Crippen LogP contribution is 2.25. The smallest absolute Gasteiger partial charge is 0.315 e. The molecule has 2 N–H and O–H groups in total. The van der Waals surface area contributed by atoms with Crippen LogP contribution in [0.4, 0.5) is 4.79 Å². The summed E-state index contributed by atoms with van der Waals surface area (Å²) >= 11 is 1.63. The van der Waals surface area contributed by atoms with Gasteiger partial charge in [0.1, 0.15) is 11.3 Å². The fourth-order valence-corrected chi connectivity index (χ4v) is 3.18. The van der Waals surface area contributed by atoms with E-state index in [9.17, 15) is 4.79 Å². The number of carbonyl (C=O) groups excluding carboxylic acids is 1. The maximum Gasteiger partial charge on any atom is 0.315 e. The molecule has 0 aliphatic rings. The van der Waals surface area contributed by atoms with Crippen LogP contribution in [0.2, 0.25) is 0 Å². The second-order valence-electron chi connectivity index (χ2n) is 5.81. The van der Waals surface area contributed by atoms with Crippen LogP contribution in [0.25, 0.3) is 11.0 Å². The summed E-state index contributed by atoms with van der Waals surface area (Å²) in [5.74, 6) is 0.847. The molecule has 0 fully saturated rings. The molecule has 0 saturated carbocycles. The molecule has 2 aromatic heterocycles. The molecule has 0 radical (unpaired) electrons. The van der Waals surface area contributed by atoms with Gasteiger partial charge in [-0.15, -0.1) is 11.3 Å². The van der Waals surface area contributed by atoms with Gasteiger partial charge in [0.15, 0.2) is 0 Å². The van der Waals surface area contributed by atoms with Gasteiger partial charge in [0.05, 0.1) is 12.6 Å². The summed E-state index contributed by atoms with van der Waals surface area (Å²) in [5.41, 5.74) is 0.862. The van der Waals surface area contributed by atoms with Crippen molar-refractivity contribution in [2.75, 3.05) is 20.6 Å². The topological polar surface area (TPSA) is 57.5 Å². The summed E-state index contributed by atoms with van der Waals surface area (Å²) in [6.45, 7) is 1.02. The molecule has 1 aromatic carbocycles. The highest BCUT2D eigenvalue weighted by atomic mass is 32.1. The van der Waals surface area contributed by atoms with Gasteiger partial charge in [0.25, 0.3) is 0 Å². The van der Waals surface area contributed by atoms with Crippen LogP contribution in [-0.2, 0) is 6.54 Å². The number of amides is 2. The monoisotopic (exact) mass is 343 g/mol. The third-order valence-electron chi connectivity index (χ3n) is 3.86. The van der Waals surface area contributed by atoms with Gasteiger partial charge >= 0.3 is 6.03 Å². The highest BCUT2D eigenvalue weighted by Gasteiger charge is 2.19. The molecule has 1 unspecified atom stereocenters. The molecular formula is C18H21N3O2S. The van der Waals surface area contributed by atoms with Gasteiger partial charge in [-0.05, 0) is 37.7 Å². The van der Waals surface area contributed by atoms with Crippen molar-refractivity contribution >= 4 is 28.3 Å². The van der Waals surface area contributed by atoms with E-state index in [4.69, 9.17) is 4.42 Å². The Hall–Kier alpha value is -2.31. The molecule has 0 saturated heterocycles. The number of hydrogen-bond donors (Lipinski definition) is 2. The maximum absolute atomic E-state index is 12.0. The first kappa shape index (κ1) is 16.5.